The normalized spacial score (nSPS) is 17.5. The van der Waals surface area contributed by atoms with Crippen molar-refractivity contribution in [3.05, 3.63) is 24.3 Å². The van der Waals surface area contributed by atoms with Gasteiger partial charge in [-0.1, -0.05) is 0 Å². The van der Waals surface area contributed by atoms with Crippen molar-refractivity contribution in [2.75, 3.05) is 32.7 Å². The summed E-state index contributed by atoms with van der Waals surface area (Å²) in [6.45, 7) is 5.93. The van der Waals surface area contributed by atoms with Gasteiger partial charge >= 0.3 is 0 Å². The van der Waals surface area contributed by atoms with Crippen LogP contribution in [0.5, 0.6) is 0 Å². The highest BCUT2D eigenvalue weighted by Crippen LogP contribution is 2.03. The molecule has 0 saturated carbocycles. The third-order valence-corrected chi connectivity index (χ3v) is 3.01. The summed E-state index contributed by atoms with van der Waals surface area (Å²) in [6.07, 6.45) is 9.03. The molecule has 1 N–H and O–H groups in total. The molecule has 0 unspecified atom stereocenters. The molecule has 1 aliphatic heterocycles. The van der Waals surface area contributed by atoms with Crippen LogP contribution in [-0.2, 0) is 6.42 Å². The van der Waals surface area contributed by atoms with Crippen LogP contribution in [0.15, 0.2) is 18.7 Å². The number of nitrogens with zero attached hydrogens (tertiary/aromatic N) is 3. The summed E-state index contributed by atoms with van der Waals surface area (Å²) in [5, 5.41) is 3.37. The van der Waals surface area contributed by atoms with E-state index in [4.69, 9.17) is 0 Å². The number of nitrogens with one attached hydrogen (secondary N) is 1. The van der Waals surface area contributed by atoms with E-state index < -0.39 is 0 Å². The zero-order valence-electron chi connectivity index (χ0n) is 9.73. The van der Waals surface area contributed by atoms with Crippen molar-refractivity contribution in [2.24, 2.45) is 0 Å². The molecule has 16 heavy (non-hydrogen) atoms. The van der Waals surface area contributed by atoms with Crippen molar-refractivity contribution in [1.82, 2.24) is 20.2 Å². The van der Waals surface area contributed by atoms with Gasteiger partial charge in [-0.05, 0) is 31.4 Å². The molecule has 1 aromatic rings. The minimum Gasteiger partial charge on any atom is -0.314 e. The van der Waals surface area contributed by atoms with Crippen LogP contribution >= 0.6 is 0 Å². The van der Waals surface area contributed by atoms with Crippen molar-refractivity contribution in [1.29, 1.82) is 0 Å². The smallest absolute Gasteiger partial charge is 0.115 e. The Morgan fingerprint density at radius 2 is 1.88 bits per heavy atom. The molecule has 0 bridgehead atoms. The Kier molecular flexibility index (Phi) is 4.70. The molecule has 0 atom stereocenters. The molecule has 1 aromatic heterocycles. The minimum atomic E-state index is 1.10. The summed E-state index contributed by atoms with van der Waals surface area (Å²) in [5.74, 6) is 0. The molecule has 1 saturated heterocycles. The number of hydrogen-bond donors (Lipinski definition) is 1. The van der Waals surface area contributed by atoms with Crippen molar-refractivity contribution >= 4 is 0 Å². The third kappa shape index (κ3) is 3.87. The maximum atomic E-state index is 4.02. The molecule has 0 spiro atoms. The highest BCUT2D eigenvalue weighted by molar-refractivity contribution is 5.01. The average Bonchev–Trinajstić information content (AvgIpc) is 2.37. The fourth-order valence-electron chi connectivity index (χ4n) is 2.06. The van der Waals surface area contributed by atoms with E-state index in [0.29, 0.717) is 0 Å². The Bertz CT molecular complexity index is 282. The van der Waals surface area contributed by atoms with Gasteiger partial charge in [0.25, 0.3) is 0 Å². The van der Waals surface area contributed by atoms with Crippen LogP contribution in [0.2, 0.25) is 0 Å². The molecular formula is C12H20N4. The number of aromatic nitrogens is 2. The minimum absolute atomic E-state index is 1.10. The fourth-order valence-corrected chi connectivity index (χ4v) is 2.06. The number of unbranched alkanes of at least 4 members (excludes halogenated alkanes) is 1. The Balaban J connectivity index is 1.58. The maximum absolute atomic E-state index is 4.02. The van der Waals surface area contributed by atoms with Crippen molar-refractivity contribution in [2.45, 2.75) is 19.3 Å². The Hall–Kier alpha value is -1.00. The lowest BCUT2D eigenvalue weighted by molar-refractivity contribution is 0.237. The van der Waals surface area contributed by atoms with E-state index in [1.807, 2.05) is 12.4 Å². The Morgan fingerprint density at radius 1 is 1.12 bits per heavy atom. The molecule has 4 nitrogen and oxygen atoms in total. The molecule has 4 heteroatoms. The third-order valence-electron chi connectivity index (χ3n) is 3.01. The zero-order chi connectivity index (χ0) is 11.1. The van der Waals surface area contributed by atoms with Crippen molar-refractivity contribution < 1.29 is 0 Å². The van der Waals surface area contributed by atoms with Gasteiger partial charge in [0.1, 0.15) is 6.33 Å². The summed E-state index contributed by atoms with van der Waals surface area (Å²) in [5.41, 5.74) is 1.25. The quantitative estimate of drug-likeness (QED) is 0.742. The molecular weight excluding hydrogens is 200 g/mol. The molecule has 0 aliphatic carbocycles. The molecule has 0 radical (unpaired) electrons. The summed E-state index contributed by atoms with van der Waals surface area (Å²) in [4.78, 5) is 10.6. The second-order valence-electron chi connectivity index (χ2n) is 4.30. The van der Waals surface area contributed by atoms with Crippen LogP contribution in [0, 0.1) is 0 Å². The van der Waals surface area contributed by atoms with E-state index in [2.05, 4.69) is 20.2 Å². The van der Waals surface area contributed by atoms with Gasteiger partial charge in [-0.3, -0.25) is 0 Å². The van der Waals surface area contributed by atoms with E-state index in [1.54, 1.807) is 6.33 Å². The van der Waals surface area contributed by atoms with Crippen LogP contribution in [0.4, 0.5) is 0 Å². The number of aryl methyl sites for hydroxylation is 1. The zero-order valence-corrected chi connectivity index (χ0v) is 9.73. The molecule has 2 rings (SSSR count). The molecule has 2 heterocycles. The van der Waals surface area contributed by atoms with Crippen LogP contribution in [-0.4, -0.2) is 47.6 Å². The fraction of sp³-hybridized carbons (Fsp3) is 0.667. The van der Waals surface area contributed by atoms with Gasteiger partial charge in [0.05, 0.1) is 0 Å². The summed E-state index contributed by atoms with van der Waals surface area (Å²) in [6, 6.07) is 0. The number of rotatable bonds is 5. The number of piperazine rings is 1. The lowest BCUT2D eigenvalue weighted by Gasteiger charge is -2.26. The van der Waals surface area contributed by atoms with Gasteiger partial charge in [-0.25, -0.2) is 9.97 Å². The summed E-state index contributed by atoms with van der Waals surface area (Å²) in [7, 11) is 0. The molecule has 0 amide bonds. The molecule has 0 aromatic carbocycles. The van der Waals surface area contributed by atoms with Crippen LogP contribution in [0.3, 0.4) is 0 Å². The monoisotopic (exact) mass is 220 g/mol. The first-order chi connectivity index (χ1) is 7.95. The summed E-state index contributed by atoms with van der Waals surface area (Å²) >= 11 is 0. The highest BCUT2D eigenvalue weighted by Gasteiger charge is 2.07. The molecule has 88 valence electrons. The van der Waals surface area contributed by atoms with Crippen LogP contribution in [0.25, 0.3) is 0 Å². The van der Waals surface area contributed by atoms with Crippen LogP contribution < -0.4 is 5.32 Å². The molecule has 1 fully saturated rings. The van der Waals surface area contributed by atoms with Crippen molar-refractivity contribution in [3.63, 3.8) is 0 Å². The van der Waals surface area contributed by atoms with Gasteiger partial charge in [0, 0.05) is 38.6 Å². The predicted octanol–water partition coefficient (Wildman–Crippen LogP) is 0.704. The maximum Gasteiger partial charge on any atom is 0.115 e. The Labute approximate surface area is 97.1 Å². The largest absolute Gasteiger partial charge is 0.314 e. The van der Waals surface area contributed by atoms with Crippen molar-refractivity contribution in [3.8, 4) is 0 Å². The van der Waals surface area contributed by atoms with Crippen LogP contribution in [0.1, 0.15) is 18.4 Å². The summed E-state index contributed by atoms with van der Waals surface area (Å²) < 4.78 is 0. The standard InChI is InChI=1S/C12H20N4/c1(3-12-9-14-11-15-10-12)2-6-16-7-4-13-5-8-16/h9-11,13H,1-8H2. The van der Waals surface area contributed by atoms with Gasteiger partial charge in [-0.15, -0.1) is 0 Å². The van der Waals surface area contributed by atoms with Gasteiger partial charge < -0.3 is 10.2 Å². The Morgan fingerprint density at radius 3 is 2.62 bits per heavy atom. The lowest BCUT2D eigenvalue weighted by Crippen LogP contribution is -2.43. The van der Waals surface area contributed by atoms with E-state index in [1.165, 1.54) is 38.0 Å². The average molecular weight is 220 g/mol. The van der Waals surface area contributed by atoms with E-state index >= 15 is 0 Å². The SMILES string of the molecule is c1ncc(CCCCN2CCNCC2)cn1. The van der Waals surface area contributed by atoms with E-state index in [-0.39, 0.29) is 0 Å². The second-order valence-corrected chi connectivity index (χ2v) is 4.30. The molecule has 1 aliphatic rings. The first-order valence-corrected chi connectivity index (χ1v) is 6.12. The predicted molar refractivity (Wildman–Crippen MR) is 64.3 cm³/mol. The first-order valence-electron chi connectivity index (χ1n) is 6.12. The topological polar surface area (TPSA) is 41.1 Å². The van der Waals surface area contributed by atoms with Gasteiger partial charge in [0.15, 0.2) is 0 Å². The first kappa shape index (κ1) is 11.5. The van der Waals surface area contributed by atoms with E-state index in [0.717, 1.165) is 19.5 Å². The van der Waals surface area contributed by atoms with Gasteiger partial charge in [0.2, 0.25) is 0 Å². The van der Waals surface area contributed by atoms with Gasteiger partial charge in [-0.2, -0.15) is 0 Å². The highest BCUT2D eigenvalue weighted by atomic mass is 15.2. The second kappa shape index (κ2) is 6.55. The van der Waals surface area contributed by atoms with E-state index in [9.17, 15) is 0 Å². The lowest BCUT2D eigenvalue weighted by atomic mass is 10.1. The number of hydrogen-bond acceptors (Lipinski definition) is 4.